The van der Waals surface area contributed by atoms with Crippen molar-refractivity contribution in [3.05, 3.63) is 29.3 Å². The molecule has 0 spiro atoms. The minimum absolute atomic E-state index is 0.0257. The molecule has 2 unspecified atom stereocenters. The van der Waals surface area contributed by atoms with Gasteiger partial charge in [-0.15, -0.1) is 0 Å². The van der Waals surface area contributed by atoms with Crippen LogP contribution in [0.3, 0.4) is 0 Å². The van der Waals surface area contributed by atoms with Gasteiger partial charge in [-0.3, -0.25) is 0 Å². The predicted octanol–water partition coefficient (Wildman–Crippen LogP) is 6.81. The third-order valence-electron chi connectivity index (χ3n) is 6.74. The fraction of sp³-hybridized carbons (Fsp3) is 0.760. The highest BCUT2D eigenvalue weighted by molar-refractivity contribution is 5.30. The van der Waals surface area contributed by atoms with E-state index in [-0.39, 0.29) is 24.0 Å². The Hall–Kier alpha value is -1.20. The van der Waals surface area contributed by atoms with Gasteiger partial charge < -0.3 is 14.2 Å². The summed E-state index contributed by atoms with van der Waals surface area (Å²) in [5.74, 6) is -0.244. The molecule has 0 amide bonds. The molecule has 0 bridgehead atoms. The van der Waals surface area contributed by atoms with Crippen molar-refractivity contribution < 1.29 is 23.0 Å². The molecule has 0 aromatic heterocycles. The SMILES string of the molecule is CCCCOc1ccc(COC2CCC(C3CCC(CCC)CC3)OC2)c(F)c1F. The first-order chi connectivity index (χ1) is 14.6. The number of benzene rings is 1. The van der Waals surface area contributed by atoms with E-state index in [1.807, 2.05) is 6.92 Å². The number of halogens is 2. The Labute approximate surface area is 180 Å². The summed E-state index contributed by atoms with van der Waals surface area (Å²) < 4.78 is 45.9. The average molecular weight is 425 g/mol. The number of rotatable bonds is 10. The zero-order valence-electron chi connectivity index (χ0n) is 18.6. The van der Waals surface area contributed by atoms with Crippen LogP contribution >= 0.6 is 0 Å². The summed E-state index contributed by atoms with van der Waals surface area (Å²) >= 11 is 0. The fourth-order valence-corrected chi connectivity index (χ4v) is 4.84. The zero-order chi connectivity index (χ0) is 21.3. The summed E-state index contributed by atoms with van der Waals surface area (Å²) in [7, 11) is 0. The van der Waals surface area contributed by atoms with Gasteiger partial charge in [-0.05, 0) is 56.1 Å². The van der Waals surface area contributed by atoms with E-state index in [0.717, 1.165) is 31.6 Å². The summed E-state index contributed by atoms with van der Waals surface area (Å²) in [6, 6.07) is 3.05. The molecule has 30 heavy (non-hydrogen) atoms. The number of ether oxygens (including phenoxy) is 3. The van der Waals surface area contributed by atoms with E-state index < -0.39 is 11.6 Å². The second kappa shape index (κ2) is 12.0. The smallest absolute Gasteiger partial charge is 0.200 e. The lowest BCUT2D eigenvalue weighted by Crippen LogP contribution is -2.37. The molecule has 0 radical (unpaired) electrons. The molecule has 1 saturated carbocycles. The third-order valence-corrected chi connectivity index (χ3v) is 6.74. The highest BCUT2D eigenvalue weighted by atomic mass is 19.2. The third kappa shape index (κ3) is 6.40. The predicted molar refractivity (Wildman–Crippen MR) is 115 cm³/mol. The lowest BCUT2D eigenvalue weighted by molar-refractivity contribution is -0.112. The Bertz CT molecular complexity index is 636. The van der Waals surface area contributed by atoms with Gasteiger partial charge in [0.25, 0.3) is 0 Å². The standard InChI is InChI=1S/C25H38F2O3/c1-3-5-15-28-23-13-11-20(24(26)25(23)27)16-29-21-12-14-22(30-17-21)19-9-7-18(6-4-2)8-10-19/h11,13,18-19,21-22H,3-10,12,14-17H2,1-2H3. The second-order valence-corrected chi connectivity index (χ2v) is 9.00. The molecule has 1 heterocycles. The monoisotopic (exact) mass is 424 g/mol. The molecule has 3 nitrogen and oxygen atoms in total. The van der Waals surface area contributed by atoms with Crippen LogP contribution in [0.1, 0.15) is 83.6 Å². The first kappa shape index (κ1) is 23.5. The van der Waals surface area contributed by atoms with Crippen LogP contribution in [0.15, 0.2) is 12.1 Å². The number of hydrogen-bond donors (Lipinski definition) is 0. The van der Waals surface area contributed by atoms with Crippen LogP contribution in [-0.4, -0.2) is 25.4 Å². The molecule has 5 heteroatoms. The highest BCUT2D eigenvalue weighted by Crippen LogP contribution is 2.37. The molecule has 1 aliphatic heterocycles. The summed E-state index contributed by atoms with van der Waals surface area (Å²) in [5.41, 5.74) is 0.228. The molecular formula is C25H38F2O3. The van der Waals surface area contributed by atoms with E-state index in [1.54, 1.807) is 6.07 Å². The summed E-state index contributed by atoms with van der Waals surface area (Å²) in [6.07, 6.45) is 11.8. The minimum Gasteiger partial charge on any atom is -0.490 e. The van der Waals surface area contributed by atoms with Crippen molar-refractivity contribution in [1.82, 2.24) is 0 Å². The number of unbranched alkanes of at least 4 members (excludes halogenated alkanes) is 1. The van der Waals surface area contributed by atoms with Crippen molar-refractivity contribution in [2.45, 2.75) is 96.9 Å². The topological polar surface area (TPSA) is 27.7 Å². The van der Waals surface area contributed by atoms with Crippen LogP contribution in [0, 0.1) is 23.5 Å². The molecule has 1 aromatic rings. The molecule has 1 aromatic carbocycles. The van der Waals surface area contributed by atoms with E-state index >= 15 is 0 Å². The average Bonchev–Trinajstić information content (AvgIpc) is 2.77. The van der Waals surface area contributed by atoms with E-state index in [0.29, 0.717) is 25.2 Å². The Morgan fingerprint density at radius 1 is 0.967 bits per heavy atom. The van der Waals surface area contributed by atoms with Gasteiger partial charge in [0.1, 0.15) is 0 Å². The summed E-state index contributed by atoms with van der Waals surface area (Å²) in [4.78, 5) is 0. The maximum Gasteiger partial charge on any atom is 0.200 e. The van der Waals surface area contributed by atoms with Crippen LogP contribution in [-0.2, 0) is 16.1 Å². The molecule has 2 aliphatic rings. The maximum atomic E-state index is 14.4. The normalized spacial score (nSPS) is 27.2. The van der Waals surface area contributed by atoms with Crippen LogP contribution in [0.5, 0.6) is 5.75 Å². The Kier molecular flexibility index (Phi) is 9.38. The van der Waals surface area contributed by atoms with Crippen molar-refractivity contribution >= 4 is 0 Å². The first-order valence-corrected chi connectivity index (χ1v) is 11.9. The van der Waals surface area contributed by atoms with Gasteiger partial charge in [-0.2, -0.15) is 4.39 Å². The minimum atomic E-state index is -0.925. The first-order valence-electron chi connectivity index (χ1n) is 11.9. The lowest BCUT2D eigenvalue weighted by atomic mass is 9.76. The Morgan fingerprint density at radius 2 is 1.77 bits per heavy atom. The van der Waals surface area contributed by atoms with Crippen LogP contribution in [0.25, 0.3) is 0 Å². The van der Waals surface area contributed by atoms with Gasteiger partial charge in [-0.25, -0.2) is 4.39 Å². The Balaban J connectivity index is 1.41. The molecule has 3 rings (SSSR count). The van der Waals surface area contributed by atoms with E-state index in [4.69, 9.17) is 14.2 Å². The van der Waals surface area contributed by atoms with Crippen molar-refractivity contribution in [2.24, 2.45) is 11.8 Å². The van der Waals surface area contributed by atoms with Crippen molar-refractivity contribution in [3.63, 3.8) is 0 Å². The molecular weight excluding hydrogens is 386 g/mol. The molecule has 2 fully saturated rings. The molecule has 1 saturated heterocycles. The fourth-order valence-electron chi connectivity index (χ4n) is 4.84. The molecule has 2 atom stereocenters. The van der Waals surface area contributed by atoms with Gasteiger partial charge in [-0.1, -0.05) is 46.0 Å². The molecule has 1 aliphatic carbocycles. The van der Waals surface area contributed by atoms with Crippen molar-refractivity contribution in [2.75, 3.05) is 13.2 Å². The van der Waals surface area contributed by atoms with Gasteiger partial charge in [0, 0.05) is 5.56 Å². The maximum absolute atomic E-state index is 14.4. The van der Waals surface area contributed by atoms with Crippen molar-refractivity contribution in [1.29, 1.82) is 0 Å². The largest absolute Gasteiger partial charge is 0.490 e. The van der Waals surface area contributed by atoms with E-state index in [9.17, 15) is 8.78 Å². The van der Waals surface area contributed by atoms with Crippen LogP contribution in [0.4, 0.5) is 8.78 Å². The van der Waals surface area contributed by atoms with Gasteiger partial charge in [0.2, 0.25) is 5.82 Å². The zero-order valence-corrected chi connectivity index (χ0v) is 18.6. The summed E-state index contributed by atoms with van der Waals surface area (Å²) in [5, 5.41) is 0. The summed E-state index contributed by atoms with van der Waals surface area (Å²) in [6.45, 7) is 5.28. The van der Waals surface area contributed by atoms with Gasteiger partial charge >= 0.3 is 0 Å². The molecule has 170 valence electrons. The molecule has 0 N–H and O–H groups in total. The van der Waals surface area contributed by atoms with Crippen LogP contribution < -0.4 is 4.74 Å². The van der Waals surface area contributed by atoms with Gasteiger partial charge in [0.15, 0.2) is 11.6 Å². The Morgan fingerprint density at radius 3 is 2.43 bits per heavy atom. The van der Waals surface area contributed by atoms with E-state index in [2.05, 4.69) is 6.92 Å². The highest BCUT2D eigenvalue weighted by Gasteiger charge is 2.31. The second-order valence-electron chi connectivity index (χ2n) is 9.00. The van der Waals surface area contributed by atoms with Crippen LogP contribution in [0.2, 0.25) is 0 Å². The lowest BCUT2D eigenvalue weighted by Gasteiger charge is -2.37. The van der Waals surface area contributed by atoms with Crippen molar-refractivity contribution in [3.8, 4) is 5.75 Å². The van der Waals surface area contributed by atoms with E-state index in [1.165, 1.54) is 44.6 Å². The van der Waals surface area contributed by atoms with Gasteiger partial charge in [0.05, 0.1) is 32.0 Å². The quantitative estimate of drug-likeness (QED) is 0.386. The number of hydrogen-bond acceptors (Lipinski definition) is 3.